The normalized spacial score (nSPS) is 19.4. The zero-order valence-electron chi connectivity index (χ0n) is 10.8. The van der Waals surface area contributed by atoms with E-state index in [9.17, 15) is 9.59 Å². The zero-order valence-corrected chi connectivity index (χ0v) is 10.8. The van der Waals surface area contributed by atoms with Gasteiger partial charge >= 0.3 is 5.97 Å². The summed E-state index contributed by atoms with van der Waals surface area (Å²) < 4.78 is 0. The molecule has 0 aromatic heterocycles. The number of carbonyl (C=O) groups is 2. The molecule has 1 amide bonds. The number of hydrogen-bond acceptors (Lipinski definition) is 3. The largest absolute Gasteiger partial charge is 0.481 e. The van der Waals surface area contributed by atoms with Gasteiger partial charge in [-0.3, -0.25) is 14.5 Å². The minimum Gasteiger partial charge on any atom is -0.481 e. The second-order valence-electron chi connectivity index (χ2n) is 5.02. The summed E-state index contributed by atoms with van der Waals surface area (Å²) in [7, 11) is 0. The monoisotopic (exact) mass is 242 g/mol. The second kappa shape index (κ2) is 6.00. The minimum atomic E-state index is -0.759. The average molecular weight is 242 g/mol. The van der Waals surface area contributed by atoms with Crippen molar-refractivity contribution in [3.8, 4) is 0 Å². The van der Waals surface area contributed by atoms with Gasteiger partial charge in [-0.05, 0) is 0 Å². The van der Waals surface area contributed by atoms with E-state index in [1.54, 1.807) is 6.92 Å². The maximum absolute atomic E-state index is 11.7. The number of carboxylic acid groups (broad SMARTS) is 1. The predicted molar refractivity (Wildman–Crippen MR) is 64.7 cm³/mol. The lowest BCUT2D eigenvalue weighted by Gasteiger charge is -2.36. The lowest BCUT2D eigenvalue weighted by atomic mass is 10.1. The number of aliphatic carboxylic acids is 1. The maximum atomic E-state index is 11.7. The lowest BCUT2D eigenvalue weighted by Crippen LogP contribution is -2.51. The highest BCUT2D eigenvalue weighted by Crippen LogP contribution is 2.09. The highest BCUT2D eigenvalue weighted by atomic mass is 16.4. The van der Waals surface area contributed by atoms with Crippen molar-refractivity contribution in [2.24, 2.45) is 11.8 Å². The number of carboxylic acids is 1. The van der Waals surface area contributed by atoms with Gasteiger partial charge in [-0.1, -0.05) is 20.8 Å². The zero-order chi connectivity index (χ0) is 13.0. The summed E-state index contributed by atoms with van der Waals surface area (Å²) in [5.41, 5.74) is 0. The van der Waals surface area contributed by atoms with Crippen LogP contribution in [0.2, 0.25) is 0 Å². The summed E-state index contributed by atoms with van der Waals surface area (Å²) in [6.07, 6.45) is 0. The van der Waals surface area contributed by atoms with Crippen LogP contribution in [-0.2, 0) is 9.59 Å². The summed E-state index contributed by atoms with van der Waals surface area (Å²) >= 11 is 0. The van der Waals surface area contributed by atoms with Crippen LogP contribution in [0.1, 0.15) is 20.8 Å². The molecule has 1 saturated heterocycles. The van der Waals surface area contributed by atoms with Crippen LogP contribution in [0.4, 0.5) is 0 Å². The molecule has 1 rings (SSSR count). The van der Waals surface area contributed by atoms with Crippen LogP contribution in [0.3, 0.4) is 0 Å². The highest BCUT2D eigenvalue weighted by molar-refractivity contribution is 5.78. The van der Waals surface area contributed by atoms with Gasteiger partial charge in [0.05, 0.1) is 5.92 Å². The third-order valence-electron chi connectivity index (χ3n) is 3.13. The van der Waals surface area contributed by atoms with Gasteiger partial charge < -0.3 is 10.0 Å². The molecule has 0 aliphatic carbocycles. The van der Waals surface area contributed by atoms with E-state index in [0.29, 0.717) is 19.6 Å². The van der Waals surface area contributed by atoms with Crippen molar-refractivity contribution < 1.29 is 14.7 Å². The smallest absolute Gasteiger partial charge is 0.307 e. The topological polar surface area (TPSA) is 60.9 Å². The van der Waals surface area contributed by atoms with Crippen molar-refractivity contribution in [1.82, 2.24) is 9.80 Å². The number of amides is 1. The Hall–Kier alpha value is -1.10. The molecule has 1 atom stereocenters. The van der Waals surface area contributed by atoms with Gasteiger partial charge in [0.2, 0.25) is 5.91 Å². The number of nitrogens with zero attached hydrogens (tertiary/aromatic N) is 2. The molecular formula is C12H22N2O3. The fourth-order valence-corrected chi connectivity index (χ4v) is 1.98. The van der Waals surface area contributed by atoms with Gasteiger partial charge in [0.15, 0.2) is 0 Å². The minimum absolute atomic E-state index is 0.0412. The summed E-state index contributed by atoms with van der Waals surface area (Å²) in [6, 6.07) is 0. The van der Waals surface area contributed by atoms with E-state index in [-0.39, 0.29) is 17.7 Å². The summed E-state index contributed by atoms with van der Waals surface area (Å²) in [4.78, 5) is 26.5. The van der Waals surface area contributed by atoms with E-state index in [1.807, 2.05) is 18.7 Å². The summed E-state index contributed by atoms with van der Waals surface area (Å²) in [6.45, 7) is 9.06. The molecule has 0 aromatic carbocycles. The first-order valence-corrected chi connectivity index (χ1v) is 6.15. The molecule has 17 heavy (non-hydrogen) atoms. The van der Waals surface area contributed by atoms with Gasteiger partial charge in [-0.15, -0.1) is 0 Å². The molecule has 1 aliphatic heterocycles. The van der Waals surface area contributed by atoms with E-state index in [1.165, 1.54) is 0 Å². The van der Waals surface area contributed by atoms with E-state index >= 15 is 0 Å². The van der Waals surface area contributed by atoms with Crippen molar-refractivity contribution in [3.05, 3.63) is 0 Å². The Morgan fingerprint density at radius 2 is 1.65 bits per heavy atom. The molecule has 1 N–H and O–H groups in total. The van der Waals surface area contributed by atoms with Gasteiger partial charge in [0.25, 0.3) is 0 Å². The Labute approximate surface area is 102 Å². The molecule has 5 nitrogen and oxygen atoms in total. The molecular weight excluding hydrogens is 220 g/mol. The Morgan fingerprint density at radius 3 is 2.06 bits per heavy atom. The Morgan fingerprint density at radius 1 is 1.12 bits per heavy atom. The molecule has 1 heterocycles. The first-order chi connectivity index (χ1) is 7.91. The number of rotatable bonds is 4. The van der Waals surface area contributed by atoms with Gasteiger partial charge in [0.1, 0.15) is 0 Å². The van der Waals surface area contributed by atoms with Crippen LogP contribution in [0.15, 0.2) is 0 Å². The highest BCUT2D eigenvalue weighted by Gasteiger charge is 2.24. The van der Waals surface area contributed by atoms with Crippen molar-refractivity contribution in [3.63, 3.8) is 0 Å². The van der Waals surface area contributed by atoms with Crippen LogP contribution in [-0.4, -0.2) is 59.5 Å². The van der Waals surface area contributed by atoms with E-state index in [4.69, 9.17) is 5.11 Å². The van der Waals surface area contributed by atoms with Crippen LogP contribution >= 0.6 is 0 Å². The third-order valence-corrected chi connectivity index (χ3v) is 3.13. The summed E-state index contributed by atoms with van der Waals surface area (Å²) in [5, 5.41) is 8.83. The van der Waals surface area contributed by atoms with Gasteiger partial charge in [-0.2, -0.15) is 0 Å². The lowest BCUT2D eigenvalue weighted by molar-refractivity contribution is -0.143. The van der Waals surface area contributed by atoms with Crippen LogP contribution in [0, 0.1) is 11.8 Å². The van der Waals surface area contributed by atoms with Crippen molar-refractivity contribution in [2.45, 2.75) is 20.8 Å². The van der Waals surface area contributed by atoms with Crippen LogP contribution in [0.5, 0.6) is 0 Å². The fourth-order valence-electron chi connectivity index (χ4n) is 1.98. The average Bonchev–Trinajstić information content (AvgIpc) is 2.28. The quantitative estimate of drug-likeness (QED) is 0.780. The number of carbonyl (C=O) groups excluding carboxylic acids is 1. The SMILES string of the molecule is CC(C)C(=O)N1CCN(CC(C)C(=O)O)CC1. The number of hydrogen-bond donors (Lipinski definition) is 1. The molecule has 0 spiro atoms. The molecule has 1 unspecified atom stereocenters. The Kier molecular flexibility index (Phi) is 4.93. The molecule has 0 saturated carbocycles. The molecule has 5 heteroatoms. The molecule has 1 aliphatic rings. The standard InChI is InChI=1S/C12H22N2O3/c1-9(2)11(15)14-6-4-13(5-7-14)8-10(3)12(16)17/h9-10H,4-8H2,1-3H3,(H,16,17). The first kappa shape index (κ1) is 14.0. The molecule has 0 bridgehead atoms. The van der Waals surface area contributed by atoms with Gasteiger partial charge in [-0.25, -0.2) is 0 Å². The van der Waals surface area contributed by atoms with Gasteiger partial charge in [0, 0.05) is 38.6 Å². The second-order valence-corrected chi connectivity index (χ2v) is 5.02. The molecule has 98 valence electrons. The first-order valence-electron chi connectivity index (χ1n) is 6.15. The number of piperazine rings is 1. The fraction of sp³-hybridized carbons (Fsp3) is 0.833. The van der Waals surface area contributed by atoms with E-state index in [0.717, 1.165) is 13.1 Å². The predicted octanol–water partition coefficient (Wildman–Crippen LogP) is 0.507. The molecule has 0 radical (unpaired) electrons. The summed E-state index contributed by atoms with van der Waals surface area (Å²) in [5.74, 6) is -0.872. The van der Waals surface area contributed by atoms with Crippen molar-refractivity contribution in [2.75, 3.05) is 32.7 Å². The third kappa shape index (κ3) is 4.00. The van der Waals surface area contributed by atoms with Crippen LogP contribution < -0.4 is 0 Å². The molecule has 1 fully saturated rings. The Bertz CT molecular complexity index is 283. The van der Waals surface area contributed by atoms with Crippen molar-refractivity contribution >= 4 is 11.9 Å². The van der Waals surface area contributed by atoms with E-state index < -0.39 is 5.97 Å². The van der Waals surface area contributed by atoms with Crippen LogP contribution in [0.25, 0.3) is 0 Å². The molecule has 0 aromatic rings. The van der Waals surface area contributed by atoms with Crippen molar-refractivity contribution in [1.29, 1.82) is 0 Å². The van der Waals surface area contributed by atoms with E-state index in [2.05, 4.69) is 4.90 Å². The Balaban J connectivity index is 2.36. The maximum Gasteiger partial charge on any atom is 0.307 e.